The summed E-state index contributed by atoms with van der Waals surface area (Å²) in [6.07, 6.45) is 0.342. The summed E-state index contributed by atoms with van der Waals surface area (Å²) in [6.45, 7) is 6.32. The highest BCUT2D eigenvalue weighted by atomic mass is 16.6. The molecule has 0 spiro atoms. The molecule has 0 aromatic rings. The monoisotopic (exact) mass is 275 g/mol. The van der Waals surface area contributed by atoms with Gasteiger partial charge in [-0.25, -0.2) is 0 Å². The van der Waals surface area contributed by atoms with Crippen molar-refractivity contribution in [1.29, 1.82) is 0 Å². The number of esters is 1. The molecule has 0 fully saturated rings. The molecule has 1 amide bonds. The summed E-state index contributed by atoms with van der Waals surface area (Å²) in [4.78, 5) is 23.1. The van der Waals surface area contributed by atoms with E-state index in [2.05, 4.69) is 5.32 Å². The van der Waals surface area contributed by atoms with E-state index in [0.29, 0.717) is 6.42 Å². The minimum absolute atomic E-state index is 0.0280. The van der Waals surface area contributed by atoms with Crippen LogP contribution in [-0.4, -0.2) is 46.4 Å². The molecule has 0 aliphatic carbocycles. The van der Waals surface area contributed by atoms with Gasteiger partial charge in [-0.15, -0.1) is 0 Å². The first-order valence-electron chi connectivity index (χ1n) is 6.42. The van der Waals surface area contributed by atoms with Crippen molar-refractivity contribution in [1.82, 2.24) is 5.32 Å². The second-order valence-corrected chi connectivity index (χ2v) is 5.58. The van der Waals surface area contributed by atoms with Gasteiger partial charge in [0, 0.05) is 6.42 Å². The van der Waals surface area contributed by atoms with Gasteiger partial charge in [-0.3, -0.25) is 9.59 Å². The van der Waals surface area contributed by atoms with Crippen molar-refractivity contribution in [3.8, 4) is 0 Å². The quantitative estimate of drug-likeness (QED) is 0.583. The van der Waals surface area contributed by atoms with Crippen LogP contribution in [0.1, 0.15) is 47.0 Å². The Hall–Kier alpha value is -1.14. The number of carbonyl (C=O) groups excluding carboxylic acids is 2. The van der Waals surface area contributed by atoms with E-state index in [-0.39, 0.29) is 26.1 Å². The molecule has 0 radical (unpaired) electrons. The second kappa shape index (κ2) is 7.45. The number of hydrogen-bond acceptors (Lipinski definition) is 5. The second-order valence-electron chi connectivity index (χ2n) is 5.58. The summed E-state index contributed by atoms with van der Waals surface area (Å²) in [5.41, 5.74) is -1.60. The maximum atomic E-state index is 11.7. The molecule has 0 bridgehead atoms. The Labute approximate surface area is 114 Å². The van der Waals surface area contributed by atoms with Gasteiger partial charge in [0.2, 0.25) is 5.91 Å². The van der Waals surface area contributed by atoms with E-state index in [0.717, 1.165) is 0 Å². The highest BCUT2D eigenvalue weighted by molar-refractivity contribution is 5.81. The van der Waals surface area contributed by atoms with Crippen LogP contribution in [0.2, 0.25) is 0 Å². The minimum Gasteiger partial charge on any atom is -0.460 e. The zero-order chi connectivity index (χ0) is 15.1. The first-order valence-corrected chi connectivity index (χ1v) is 6.42. The lowest BCUT2D eigenvalue weighted by molar-refractivity contribution is -0.155. The van der Waals surface area contributed by atoms with Crippen LogP contribution in [0.4, 0.5) is 0 Å². The first-order chi connectivity index (χ1) is 8.68. The Morgan fingerprint density at radius 1 is 1.11 bits per heavy atom. The van der Waals surface area contributed by atoms with E-state index in [9.17, 15) is 19.8 Å². The third-order valence-electron chi connectivity index (χ3n) is 2.66. The van der Waals surface area contributed by atoms with Gasteiger partial charge >= 0.3 is 5.97 Å². The zero-order valence-electron chi connectivity index (χ0n) is 12.2. The van der Waals surface area contributed by atoms with Crippen LogP contribution in [0.3, 0.4) is 0 Å². The maximum Gasteiger partial charge on any atom is 0.306 e. The van der Waals surface area contributed by atoms with E-state index in [4.69, 9.17) is 4.74 Å². The summed E-state index contributed by atoms with van der Waals surface area (Å²) in [6, 6.07) is 0. The SMILES string of the molecule is CCC(CO)(CO)NC(=O)CCC(=O)OC(C)(C)C. The van der Waals surface area contributed by atoms with Gasteiger partial charge in [0.15, 0.2) is 0 Å². The molecule has 3 N–H and O–H groups in total. The number of rotatable bonds is 7. The van der Waals surface area contributed by atoms with E-state index in [1.165, 1.54) is 0 Å². The standard InChI is InChI=1S/C13H25NO5/c1-5-13(8-15,9-16)14-10(17)6-7-11(18)19-12(2,3)4/h15-16H,5-9H2,1-4H3,(H,14,17). The van der Waals surface area contributed by atoms with Crippen molar-refractivity contribution in [2.75, 3.05) is 13.2 Å². The van der Waals surface area contributed by atoms with Gasteiger partial charge in [-0.1, -0.05) is 6.92 Å². The van der Waals surface area contributed by atoms with Crippen molar-refractivity contribution in [3.05, 3.63) is 0 Å². The number of amides is 1. The predicted molar refractivity (Wildman–Crippen MR) is 70.4 cm³/mol. The van der Waals surface area contributed by atoms with Crippen LogP contribution in [0.5, 0.6) is 0 Å². The number of aliphatic hydroxyl groups is 2. The molecular formula is C13H25NO5. The Morgan fingerprint density at radius 3 is 2.00 bits per heavy atom. The Kier molecular flexibility index (Phi) is 7.00. The summed E-state index contributed by atoms with van der Waals surface area (Å²) in [5.74, 6) is -0.839. The van der Waals surface area contributed by atoms with Crippen LogP contribution in [0, 0.1) is 0 Å². The normalized spacial score (nSPS) is 12.1. The molecule has 0 saturated heterocycles. The van der Waals surface area contributed by atoms with Crippen LogP contribution in [0.15, 0.2) is 0 Å². The van der Waals surface area contributed by atoms with Gasteiger partial charge in [0.1, 0.15) is 5.60 Å². The van der Waals surface area contributed by atoms with Crippen LogP contribution in [-0.2, 0) is 14.3 Å². The van der Waals surface area contributed by atoms with Gasteiger partial charge in [-0.05, 0) is 27.2 Å². The molecule has 6 heteroatoms. The van der Waals surface area contributed by atoms with Crippen molar-refractivity contribution in [3.63, 3.8) is 0 Å². The van der Waals surface area contributed by atoms with Gasteiger partial charge < -0.3 is 20.3 Å². The van der Waals surface area contributed by atoms with Gasteiger partial charge in [0.05, 0.1) is 25.2 Å². The highest BCUT2D eigenvalue weighted by Gasteiger charge is 2.28. The van der Waals surface area contributed by atoms with E-state index in [1.54, 1.807) is 27.7 Å². The summed E-state index contributed by atoms with van der Waals surface area (Å²) < 4.78 is 5.08. The first kappa shape index (κ1) is 17.9. The lowest BCUT2D eigenvalue weighted by atomic mass is 9.98. The Morgan fingerprint density at radius 2 is 1.63 bits per heavy atom. The van der Waals surface area contributed by atoms with Gasteiger partial charge in [0.25, 0.3) is 0 Å². The molecule has 0 aromatic heterocycles. The Balaban J connectivity index is 4.22. The summed E-state index contributed by atoms with van der Waals surface area (Å²) in [5, 5.41) is 20.9. The molecule has 0 rings (SSSR count). The average Bonchev–Trinajstić information content (AvgIpc) is 2.31. The third kappa shape index (κ3) is 7.12. The smallest absolute Gasteiger partial charge is 0.306 e. The molecule has 19 heavy (non-hydrogen) atoms. The molecule has 0 aliphatic heterocycles. The molecule has 0 saturated carbocycles. The average molecular weight is 275 g/mol. The minimum atomic E-state index is -1.02. The molecule has 0 unspecified atom stereocenters. The van der Waals surface area contributed by atoms with Crippen molar-refractivity contribution in [2.45, 2.75) is 58.1 Å². The molecule has 0 atom stereocenters. The lowest BCUT2D eigenvalue weighted by Crippen LogP contribution is -2.53. The number of carbonyl (C=O) groups is 2. The molecular weight excluding hydrogens is 250 g/mol. The highest BCUT2D eigenvalue weighted by Crippen LogP contribution is 2.11. The van der Waals surface area contributed by atoms with E-state index < -0.39 is 23.0 Å². The fourth-order valence-electron chi connectivity index (χ4n) is 1.41. The van der Waals surface area contributed by atoms with Gasteiger partial charge in [-0.2, -0.15) is 0 Å². The molecule has 112 valence electrons. The number of hydrogen-bond donors (Lipinski definition) is 3. The lowest BCUT2D eigenvalue weighted by Gasteiger charge is -2.29. The van der Waals surface area contributed by atoms with Crippen molar-refractivity contribution >= 4 is 11.9 Å². The van der Waals surface area contributed by atoms with Crippen LogP contribution in [0.25, 0.3) is 0 Å². The van der Waals surface area contributed by atoms with Crippen LogP contribution < -0.4 is 5.32 Å². The Bertz CT molecular complexity index is 296. The van der Waals surface area contributed by atoms with Crippen LogP contribution >= 0.6 is 0 Å². The predicted octanol–water partition coefficient (Wildman–Crippen LogP) is 0.358. The van der Waals surface area contributed by atoms with E-state index in [1.807, 2.05) is 0 Å². The molecule has 0 aliphatic rings. The largest absolute Gasteiger partial charge is 0.460 e. The fourth-order valence-corrected chi connectivity index (χ4v) is 1.41. The summed E-state index contributed by atoms with van der Waals surface area (Å²) in [7, 11) is 0. The molecule has 0 heterocycles. The maximum absolute atomic E-state index is 11.7. The number of aliphatic hydroxyl groups excluding tert-OH is 2. The van der Waals surface area contributed by atoms with Crippen molar-refractivity contribution in [2.24, 2.45) is 0 Å². The molecule has 6 nitrogen and oxygen atoms in total. The third-order valence-corrected chi connectivity index (χ3v) is 2.66. The fraction of sp³-hybridized carbons (Fsp3) is 0.846. The topological polar surface area (TPSA) is 95.9 Å². The zero-order valence-corrected chi connectivity index (χ0v) is 12.2. The summed E-state index contributed by atoms with van der Waals surface area (Å²) >= 11 is 0. The molecule has 0 aromatic carbocycles. The van der Waals surface area contributed by atoms with E-state index >= 15 is 0 Å². The number of ether oxygens (including phenoxy) is 1. The van der Waals surface area contributed by atoms with Crippen molar-refractivity contribution < 1.29 is 24.5 Å². The number of nitrogens with one attached hydrogen (secondary N) is 1.